The molecule has 2 aromatic rings. The van der Waals surface area contributed by atoms with Gasteiger partial charge in [-0.15, -0.1) is 0 Å². The van der Waals surface area contributed by atoms with E-state index < -0.39 is 11.6 Å². The van der Waals surface area contributed by atoms with Crippen LogP contribution >= 0.6 is 0 Å². The van der Waals surface area contributed by atoms with E-state index in [4.69, 9.17) is 4.74 Å². The van der Waals surface area contributed by atoms with Crippen LogP contribution in [0.25, 0.3) is 0 Å². The van der Waals surface area contributed by atoms with E-state index in [1.807, 2.05) is 24.3 Å². The van der Waals surface area contributed by atoms with Crippen LogP contribution in [0.15, 0.2) is 54.6 Å². The summed E-state index contributed by atoms with van der Waals surface area (Å²) in [5.74, 6) is -0.640. The van der Waals surface area contributed by atoms with Crippen molar-refractivity contribution in [2.45, 2.75) is 50.8 Å². The van der Waals surface area contributed by atoms with Crippen molar-refractivity contribution in [3.05, 3.63) is 71.3 Å². The summed E-state index contributed by atoms with van der Waals surface area (Å²) in [5.41, 5.74) is 1.55. The molecule has 0 saturated carbocycles. The molecule has 152 valence electrons. The van der Waals surface area contributed by atoms with E-state index in [9.17, 15) is 9.59 Å². The number of benzene rings is 2. The van der Waals surface area contributed by atoms with E-state index in [0.29, 0.717) is 24.6 Å². The number of rotatable bonds is 5. The number of hydrogen-bond acceptors (Lipinski definition) is 4. The van der Waals surface area contributed by atoms with Gasteiger partial charge in [-0.1, -0.05) is 55.0 Å². The summed E-state index contributed by atoms with van der Waals surface area (Å²) in [7, 11) is 0. The predicted molar refractivity (Wildman–Crippen MR) is 111 cm³/mol. The maximum absolute atomic E-state index is 13.0. The Hall–Kier alpha value is -2.66. The first-order valence-corrected chi connectivity index (χ1v) is 10.4. The lowest BCUT2D eigenvalue weighted by molar-refractivity contribution is -0.140. The van der Waals surface area contributed by atoms with Crippen molar-refractivity contribution in [2.24, 2.45) is 0 Å². The molecule has 1 N–H and O–H groups in total. The minimum Gasteiger partial charge on any atom is -0.445 e. The molecule has 2 aliphatic heterocycles. The van der Waals surface area contributed by atoms with E-state index in [1.165, 1.54) is 18.4 Å². The fourth-order valence-corrected chi connectivity index (χ4v) is 4.37. The number of carbonyl (C=O) groups is 2. The summed E-state index contributed by atoms with van der Waals surface area (Å²) in [4.78, 5) is 27.8. The van der Waals surface area contributed by atoms with Crippen molar-refractivity contribution in [3.8, 4) is 0 Å². The van der Waals surface area contributed by atoms with Gasteiger partial charge in [-0.2, -0.15) is 0 Å². The molecule has 0 bridgehead atoms. The van der Waals surface area contributed by atoms with Crippen LogP contribution in [0, 0.1) is 0 Å². The summed E-state index contributed by atoms with van der Waals surface area (Å²) in [5, 5.41) is 3.07. The van der Waals surface area contributed by atoms with Crippen molar-refractivity contribution in [1.29, 1.82) is 0 Å². The lowest BCUT2D eigenvalue weighted by atomic mass is 9.89. The number of carbonyl (C=O) groups excluding carboxylic acids is 2. The lowest BCUT2D eigenvalue weighted by Crippen LogP contribution is -2.54. The van der Waals surface area contributed by atoms with Gasteiger partial charge in [-0.3, -0.25) is 9.69 Å². The zero-order chi connectivity index (χ0) is 20.3. The molecule has 1 fully saturated rings. The number of nitrogens with zero attached hydrogens (tertiary/aromatic N) is 1. The molecule has 2 atom stereocenters. The Labute approximate surface area is 172 Å². The number of esters is 1. The molecular formula is C24H28N2O3. The Morgan fingerprint density at radius 2 is 1.90 bits per heavy atom. The molecule has 5 nitrogen and oxygen atoms in total. The first-order valence-electron chi connectivity index (χ1n) is 10.4. The highest BCUT2D eigenvalue weighted by molar-refractivity contribution is 5.97. The number of piperidine rings is 1. The average Bonchev–Trinajstić information content (AvgIpc) is 2.73. The van der Waals surface area contributed by atoms with Crippen molar-refractivity contribution >= 4 is 11.9 Å². The largest absolute Gasteiger partial charge is 0.445 e. The Balaban J connectivity index is 1.40. The van der Waals surface area contributed by atoms with Gasteiger partial charge in [0.25, 0.3) is 5.91 Å². The molecule has 0 radical (unpaired) electrons. The maximum Gasteiger partial charge on any atom is 0.339 e. The topological polar surface area (TPSA) is 58.6 Å². The zero-order valence-electron chi connectivity index (χ0n) is 16.9. The second-order valence-corrected chi connectivity index (χ2v) is 8.27. The van der Waals surface area contributed by atoms with Crippen LogP contribution < -0.4 is 5.32 Å². The number of cyclic esters (lactones) is 1. The van der Waals surface area contributed by atoms with Crippen molar-refractivity contribution < 1.29 is 14.3 Å². The van der Waals surface area contributed by atoms with Gasteiger partial charge in [-0.05, 0) is 43.5 Å². The van der Waals surface area contributed by atoms with Gasteiger partial charge in [0.1, 0.15) is 0 Å². The first kappa shape index (κ1) is 19.6. The standard InChI is InChI=1S/C24H28N2O3/c1-24(15-19-11-5-6-13-21(19)22(27)29-24)23(28)25-16-20-12-7-8-14-26(20)17-18-9-3-2-4-10-18/h2-6,9-11,13,20H,7-8,12,14-17H2,1H3,(H,25,28). The molecular weight excluding hydrogens is 364 g/mol. The lowest BCUT2D eigenvalue weighted by Gasteiger charge is -2.37. The molecule has 4 rings (SSSR count). The number of likely N-dealkylation sites (tertiary alicyclic amines) is 1. The normalized spacial score (nSPS) is 24.4. The van der Waals surface area contributed by atoms with Crippen LogP contribution in [0.2, 0.25) is 0 Å². The summed E-state index contributed by atoms with van der Waals surface area (Å²) in [6.45, 7) is 4.20. The Morgan fingerprint density at radius 1 is 1.14 bits per heavy atom. The molecule has 2 heterocycles. The Bertz CT molecular complexity index is 883. The van der Waals surface area contributed by atoms with Crippen LogP contribution in [-0.4, -0.2) is 41.5 Å². The number of amides is 1. The number of ether oxygens (including phenoxy) is 1. The summed E-state index contributed by atoms with van der Waals surface area (Å²) in [6.07, 6.45) is 3.82. The number of nitrogens with one attached hydrogen (secondary N) is 1. The second kappa shape index (κ2) is 8.37. The highest BCUT2D eigenvalue weighted by atomic mass is 16.6. The highest BCUT2D eigenvalue weighted by Crippen LogP contribution is 2.28. The smallest absolute Gasteiger partial charge is 0.339 e. The molecule has 2 unspecified atom stereocenters. The highest BCUT2D eigenvalue weighted by Gasteiger charge is 2.42. The van der Waals surface area contributed by atoms with Gasteiger partial charge in [0.15, 0.2) is 5.60 Å². The fourth-order valence-electron chi connectivity index (χ4n) is 4.37. The van der Waals surface area contributed by atoms with E-state index in [-0.39, 0.29) is 5.91 Å². The average molecular weight is 392 g/mol. The third-order valence-corrected chi connectivity index (χ3v) is 6.04. The molecule has 2 aliphatic rings. The van der Waals surface area contributed by atoms with Crippen molar-refractivity contribution in [3.63, 3.8) is 0 Å². The molecule has 1 amide bonds. The van der Waals surface area contributed by atoms with Crippen molar-refractivity contribution in [1.82, 2.24) is 10.2 Å². The third-order valence-electron chi connectivity index (χ3n) is 6.04. The summed E-state index contributed by atoms with van der Waals surface area (Å²) < 4.78 is 5.56. The summed E-state index contributed by atoms with van der Waals surface area (Å²) >= 11 is 0. The SMILES string of the molecule is CC1(C(=O)NCC2CCCCN2Cc2ccccc2)Cc2ccccc2C(=O)O1. The molecule has 5 heteroatoms. The van der Waals surface area contributed by atoms with Crippen molar-refractivity contribution in [2.75, 3.05) is 13.1 Å². The van der Waals surface area contributed by atoms with Crippen LogP contribution in [0.1, 0.15) is 47.7 Å². The fraction of sp³-hybridized carbons (Fsp3) is 0.417. The number of hydrogen-bond donors (Lipinski definition) is 1. The van der Waals surface area contributed by atoms with Gasteiger partial charge in [0.2, 0.25) is 0 Å². The predicted octanol–water partition coefficient (Wildman–Crippen LogP) is 3.33. The van der Waals surface area contributed by atoms with E-state index in [2.05, 4.69) is 34.5 Å². The van der Waals surface area contributed by atoms with E-state index in [0.717, 1.165) is 25.1 Å². The third kappa shape index (κ3) is 4.35. The van der Waals surface area contributed by atoms with Gasteiger partial charge < -0.3 is 10.1 Å². The van der Waals surface area contributed by atoms with Crippen LogP contribution in [0.5, 0.6) is 0 Å². The van der Waals surface area contributed by atoms with E-state index >= 15 is 0 Å². The molecule has 29 heavy (non-hydrogen) atoms. The van der Waals surface area contributed by atoms with Gasteiger partial charge >= 0.3 is 5.97 Å². The quantitative estimate of drug-likeness (QED) is 0.793. The molecule has 2 aromatic carbocycles. The van der Waals surface area contributed by atoms with Gasteiger partial charge in [0, 0.05) is 25.6 Å². The van der Waals surface area contributed by atoms with Gasteiger partial charge in [0.05, 0.1) is 5.56 Å². The number of fused-ring (bicyclic) bond motifs is 1. The van der Waals surface area contributed by atoms with Crippen LogP contribution in [0.3, 0.4) is 0 Å². The monoisotopic (exact) mass is 392 g/mol. The first-order chi connectivity index (χ1) is 14.0. The molecule has 1 saturated heterocycles. The summed E-state index contributed by atoms with van der Waals surface area (Å²) in [6, 6.07) is 18.1. The Kier molecular flexibility index (Phi) is 5.67. The Morgan fingerprint density at radius 3 is 2.72 bits per heavy atom. The zero-order valence-corrected chi connectivity index (χ0v) is 16.9. The van der Waals surface area contributed by atoms with E-state index in [1.54, 1.807) is 13.0 Å². The molecule has 0 aliphatic carbocycles. The van der Waals surface area contributed by atoms with Crippen LogP contribution in [0.4, 0.5) is 0 Å². The van der Waals surface area contributed by atoms with Crippen LogP contribution in [-0.2, 0) is 22.5 Å². The minimum atomic E-state index is -1.16. The maximum atomic E-state index is 13.0. The molecule has 0 spiro atoms. The van der Waals surface area contributed by atoms with Gasteiger partial charge in [-0.25, -0.2) is 4.79 Å². The molecule has 0 aromatic heterocycles. The second-order valence-electron chi connectivity index (χ2n) is 8.27. The minimum absolute atomic E-state index is 0.217.